The summed E-state index contributed by atoms with van der Waals surface area (Å²) in [5.74, 6) is -0.753. The van der Waals surface area contributed by atoms with Crippen molar-refractivity contribution in [1.29, 1.82) is 0 Å². The van der Waals surface area contributed by atoms with Gasteiger partial charge in [0.25, 0.3) is 0 Å². The van der Waals surface area contributed by atoms with Gasteiger partial charge in [-0.05, 0) is 64.5 Å². The molecule has 0 saturated carbocycles. The van der Waals surface area contributed by atoms with E-state index < -0.39 is 11.7 Å². The number of carbonyl (C=O) groups excluding carboxylic acids is 2. The second-order valence-electron chi connectivity index (χ2n) is 8.35. The smallest absolute Gasteiger partial charge is 0.334 e. The SMILES string of the molecule is C=C1C(=O)O[C@H]2/C=C(\C)CC[C@H](OC(C)=O)[C@]3(C)CC[C@H](OO3)/C(C)=C\C[C@@H]12. The minimum atomic E-state index is -0.691. The fourth-order valence-electron chi connectivity index (χ4n) is 4.11. The molecule has 2 bridgehead atoms. The molecule has 0 unspecified atom stereocenters. The van der Waals surface area contributed by atoms with Crippen LogP contribution in [0.5, 0.6) is 0 Å². The molecule has 3 aliphatic heterocycles. The van der Waals surface area contributed by atoms with Crippen molar-refractivity contribution in [2.45, 2.75) is 83.7 Å². The number of ether oxygens (including phenoxy) is 2. The molecule has 0 radical (unpaired) electrons. The lowest BCUT2D eigenvalue weighted by molar-refractivity contribution is -0.412. The van der Waals surface area contributed by atoms with Crippen molar-refractivity contribution in [3.63, 3.8) is 0 Å². The fraction of sp³-hybridized carbons (Fsp3) is 0.636. The number of hydrogen-bond acceptors (Lipinski definition) is 6. The van der Waals surface area contributed by atoms with Gasteiger partial charge in [-0.1, -0.05) is 18.2 Å². The highest BCUT2D eigenvalue weighted by atomic mass is 17.2. The van der Waals surface area contributed by atoms with E-state index in [1.54, 1.807) is 0 Å². The Morgan fingerprint density at radius 3 is 2.71 bits per heavy atom. The molecule has 154 valence electrons. The molecule has 5 atom stereocenters. The van der Waals surface area contributed by atoms with Gasteiger partial charge >= 0.3 is 11.9 Å². The molecule has 0 aromatic carbocycles. The van der Waals surface area contributed by atoms with Gasteiger partial charge in [-0.25, -0.2) is 14.6 Å². The molecule has 0 aromatic rings. The van der Waals surface area contributed by atoms with Gasteiger partial charge in [0.2, 0.25) is 0 Å². The van der Waals surface area contributed by atoms with E-state index in [1.807, 2.05) is 26.8 Å². The number of carbonyl (C=O) groups is 2. The van der Waals surface area contributed by atoms with Crippen LogP contribution in [0.25, 0.3) is 0 Å². The molecule has 28 heavy (non-hydrogen) atoms. The lowest BCUT2D eigenvalue weighted by Gasteiger charge is -2.41. The largest absolute Gasteiger partial charge is 0.459 e. The monoisotopic (exact) mass is 390 g/mol. The predicted octanol–water partition coefficient (Wildman–Crippen LogP) is 3.96. The second kappa shape index (κ2) is 8.21. The Balaban J connectivity index is 1.91. The van der Waals surface area contributed by atoms with Gasteiger partial charge in [0, 0.05) is 18.4 Å². The van der Waals surface area contributed by atoms with Crippen LogP contribution in [0.2, 0.25) is 0 Å². The van der Waals surface area contributed by atoms with Crippen molar-refractivity contribution in [2.24, 2.45) is 5.92 Å². The van der Waals surface area contributed by atoms with Crippen molar-refractivity contribution in [2.75, 3.05) is 0 Å². The molecule has 1 aliphatic carbocycles. The van der Waals surface area contributed by atoms with Crippen LogP contribution in [0.4, 0.5) is 0 Å². The number of rotatable bonds is 1. The van der Waals surface area contributed by atoms with Gasteiger partial charge in [0.05, 0.1) is 0 Å². The average Bonchev–Trinajstić information content (AvgIpc) is 2.89. The highest BCUT2D eigenvalue weighted by Crippen LogP contribution is 2.38. The van der Waals surface area contributed by atoms with Crippen molar-refractivity contribution in [3.05, 3.63) is 35.5 Å². The van der Waals surface area contributed by atoms with Crippen LogP contribution in [-0.2, 0) is 28.8 Å². The summed E-state index contributed by atoms with van der Waals surface area (Å²) < 4.78 is 11.1. The lowest BCUT2D eigenvalue weighted by Crippen LogP contribution is -2.49. The topological polar surface area (TPSA) is 71.1 Å². The molecule has 2 saturated heterocycles. The number of fused-ring (bicyclic) bond motifs is 6. The van der Waals surface area contributed by atoms with E-state index in [0.29, 0.717) is 24.8 Å². The molecule has 3 heterocycles. The first-order valence-electron chi connectivity index (χ1n) is 9.95. The van der Waals surface area contributed by atoms with E-state index in [2.05, 4.69) is 12.7 Å². The van der Waals surface area contributed by atoms with Crippen molar-refractivity contribution in [1.82, 2.24) is 0 Å². The normalized spacial score (nSPS) is 40.4. The van der Waals surface area contributed by atoms with Crippen LogP contribution in [0.3, 0.4) is 0 Å². The maximum atomic E-state index is 12.0. The molecule has 0 spiro atoms. The maximum absolute atomic E-state index is 12.0. The van der Waals surface area contributed by atoms with E-state index in [1.165, 1.54) is 6.92 Å². The first-order chi connectivity index (χ1) is 13.2. The summed E-state index contributed by atoms with van der Waals surface area (Å²) in [6.45, 7) is 11.3. The molecule has 0 aromatic heterocycles. The number of allylic oxidation sites excluding steroid dienone is 2. The Hall–Kier alpha value is -1.92. The third-order valence-electron chi connectivity index (χ3n) is 6.05. The molecule has 4 aliphatic rings. The Kier molecular flexibility index (Phi) is 6.10. The van der Waals surface area contributed by atoms with Crippen molar-refractivity contribution < 1.29 is 28.8 Å². The Morgan fingerprint density at radius 1 is 1.32 bits per heavy atom. The van der Waals surface area contributed by atoms with Crippen LogP contribution in [-0.4, -0.2) is 35.9 Å². The summed E-state index contributed by atoms with van der Waals surface area (Å²) in [5, 5.41) is 0. The Morgan fingerprint density at radius 2 is 2.07 bits per heavy atom. The van der Waals surface area contributed by atoms with Gasteiger partial charge in [0.15, 0.2) is 0 Å². The standard InChI is InChI=1S/C22H30O6/c1-13-6-9-20(25-16(4)23)22(5)11-10-18(27-28-22)14(2)7-8-17-15(3)21(24)26-19(17)12-13/h7,12,17-20H,3,6,8-11H2,1-2,4-5H3/b13-12+,14-7-/t17-,18-,19-,20-,22-/m0/s1. The predicted molar refractivity (Wildman–Crippen MR) is 103 cm³/mol. The number of hydrogen-bond donors (Lipinski definition) is 0. The highest BCUT2D eigenvalue weighted by Gasteiger charge is 2.44. The summed E-state index contributed by atoms with van der Waals surface area (Å²) in [6, 6.07) is 0. The fourth-order valence-corrected chi connectivity index (χ4v) is 4.11. The zero-order chi connectivity index (χ0) is 20.5. The summed E-state index contributed by atoms with van der Waals surface area (Å²) in [6.07, 6.45) is 6.66. The summed E-state index contributed by atoms with van der Waals surface area (Å²) >= 11 is 0. The van der Waals surface area contributed by atoms with Gasteiger partial charge in [-0.2, -0.15) is 0 Å². The van der Waals surface area contributed by atoms with Gasteiger partial charge in [-0.3, -0.25) is 4.79 Å². The minimum absolute atomic E-state index is 0.0839. The van der Waals surface area contributed by atoms with Crippen LogP contribution in [0, 0.1) is 5.92 Å². The first kappa shape index (κ1) is 20.8. The van der Waals surface area contributed by atoms with Gasteiger partial charge < -0.3 is 9.47 Å². The molecule has 4 rings (SSSR count). The van der Waals surface area contributed by atoms with Crippen molar-refractivity contribution >= 4 is 11.9 Å². The van der Waals surface area contributed by atoms with E-state index in [4.69, 9.17) is 19.2 Å². The quantitative estimate of drug-likeness (QED) is 0.292. The Bertz CT molecular complexity index is 711. The number of esters is 2. The van der Waals surface area contributed by atoms with Crippen LogP contribution in [0.15, 0.2) is 35.5 Å². The molecular formula is C22H30O6. The first-order valence-corrected chi connectivity index (χ1v) is 9.95. The molecule has 6 heteroatoms. The molecule has 0 amide bonds. The van der Waals surface area contributed by atoms with E-state index in [9.17, 15) is 9.59 Å². The van der Waals surface area contributed by atoms with Crippen LogP contribution >= 0.6 is 0 Å². The zero-order valence-electron chi connectivity index (χ0n) is 17.2. The van der Waals surface area contributed by atoms with Gasteiger partial charge in [-0.15, -0.1) is 0 Å². The molecular weight excluding hydrogens is 360 g/mol. The minimum Gasteiger partial charge on any atom is -0.459 e. The summed E-state index contributed by atoms with van der Waals surface area (Å²) in [4.78, 5) is 35.2. The third kappa shape index (κ3) is 4.39. The molecule has 6 nitrogen and oxygen atoms in total. The zero-order valence-corrected chi connectivity index (χ0v) is 17.2. The second-order valence-corrected chi connectivity index (χ2v) is 8.35. The Labute approximate surface area is 166 Å². The average molecular weight is 390 g/mol. The van der Waals surface area contributed by atoms with E-state index in [-0.39, 0.29) is 30.1 Å². The lowest BCUT2D eigenvalue weighted by atomic mass is 9.85. The van der Waals surface area contributed by atoms with E-state index in [0.717, 1.165) is 24.0 Å². The van der Waals surface area contributed by atoms with Crippen LogP contribution < -0.4 is 0 Å². The summed E-state index contributed by atoms with van der Waals surface area (Å²) in [5.41, 5.74) is 1.94. The maximum Gasteiger partial charge on any atom is 0.334 e. The molecule has 0 N–H and O–H groups in total. The highest BCUT2D eigenvalue weighted by molar-refractivity contribution is 5.91. The van der Waals surface area contributed by atoms with E-state index >= 15 is 0 Å². The molecule has 2 fully saturated rings. The van der Waals surface area contributed by atoms with Crippen LogP contribution in [0.1, 0.15) is 59.8 Å². The third-order valence-corrected chi connectivity index (χ3v) is 6.05. The van der Waals surface area contributed by atoms with Gasteiger partial charge in [0.1, 0.15) is 23.9 Å². The van der Waals surface area contributed by atoms with Crippen molar-refractivity contribution in [3.8, 4) is 0 Å². The summed E-state index contributed by atoms with van der Waals surface area (Å²) in [7, 11) is 0.